The number of benzene rings is 2. The van der Waals surface area contributed by atoms with E-state index in [0.717, 1.165) is 5.69 Å². The predicted octanol–water partition coefficient (Wildman–Crippen LogP) is 2.98. The number of anilines is 1. The lowest BCUT2D eigenvalue weighted by atomic mass is 10.2. The van der Waals surface area contributed by atoms with Crippen LogP contribution < -0.4 is 16.2 Å². The zero-order valence-corrected chi connectivity index (χ0v) is 13.7. The quantitative estimate of drug-likeness (QED) is 0.712. The van der Waals surface area contributed by atoms with Gasteiger partial charge in [-0.3, -0.25) is 20.4 Å². The van der Waals surface area contributed by atoms with Crippen molar-refractivity contribution >= 4 is 45.0 Å². The van der Waals surface area contributed by atoms with Crippen LogP contribution in [0.3, 0.4) is 0 Å². The molecule has 114 valence electrons. The molecule has 0 saturated carbocycles. The summed E-state index contributed by atoms with van der Waals surface area (Å²) in [5.74, 6) is -0.774. The Hall–Kier alpha value is -2.05. The summed E-state index contributed by atoms with van der Waals surface area (Å²) in [6, 6.07) is 13.9. The molecule has 0 aliphatic carbocycles. The van der Waals surface area contributed by atoms with Crippen LogP contribution >= 0.6 is 27.5 Å². The van der Waals surface area contributed by atoms with Gasteiger partial charge in [-0.2, -0.15) is 0 Å². The van der Waals surface area contributed by atoms with Crippen molar-refractivity contribution in [1.29, 1.82) is 0 Å². The van der Waals surface area contributed by atoms with Crippen molar-refractivity contribution in [2.75, 3.05) is 11.9 Å². The first-order chi connectivity index (χ1) is 10.6. The third-order valence-corrected chi connectivity index (χ3v) is 3.64. The van der Waals surface area contributed by atoms with E-state index in [1.165, 1.54) is 0 Å². The lowest BCUT2D eigenvalue weighted by Gasteiger charge is -2.10. The van der Waals surface area contributed by atoms with E-state index >= 15 is 0 Å². The Morgan fingerprint density at radius 1 is 1.05 bits per heavy atom. The summed E-state index contributed by atoms with van der Waals surface area (Å²) in [7, 11) is 0. The minimum Gasteiger partial charge on any atom is -0.376 e. The van der Waals surface area contributed by atoms with Crippen molar-refractivity contribution in [3.63, 3.8) is 0 Å². The fourth-order valence-corrected chi connectivity index (χ4v) is 2.32. The molecule has 0 radical (unpaired) electrons. The molecule has 0 aromatic heterocycles. The number of amides is 2. The smallest absolute Gasteiger partial charge is 0.270 e. The van der Waals surface area contributed by atoms with Crippen LogP contribution in [0.2, 0.25) is 5.02 Å². The summed E-state index contributed by atoms with van der Waals surface area (Å²) in [5.41, 5.74) is 5.85. The van der Waals surface area contributed by atoms with E-state index in [2.05, 4.69) is 32.1 Å². The summed E-state index contributed by atoms with van der Waals surface area (Å²) >= 11 is 9.12. The van der Waals surface area contributed by atoms with E-state index in [1.54, 1.807) is 48.5 Å². The number of hydrogen-bond donors (Lipinski definition) is 3. The van der Waals surface area contributed by atoms with Gasteiger partial charge in [0.05, 0.1) is 12.1 Å². The lowest BCUT2D eigenvalue weighted by molar-refractivity contribution is -0.120. The second-order valence-corrected chi connectivity index (χ2v) is 5.64. The summed E-state index contributed by atoms with van der Waals surface area (Å²) < 4.78 is 0.652. The Kier molecular flexibility index (Phi) is 5.80. The highest BCUT2D eigenvalue weighted by Gasteiger charge is 2.10. The number of halogens is 2. The van der Waals surface area contributed by atoms with Crippen LogP contribution in [0.4, 0.5) is 5.69 Å². The van der Waals surface area contributed by atoms with Crippen LogP contribution in [-0.4, -0.2) is 18.4 Å². The maximum Gasteiger partial charge on any atom is 0.270 e. The number of carbonyl (C=O) groups is 2. The topological polar surface area (TPSA) is 70.2 Å². The summed E-state index contributed by atoms with van der Waals surface area (Å²) in [6.45, 7) is 0.0105. The van der Waals surface area contributed by atoms with Gasteiger partial charge in [0.2, 0.25) is 0 Å². The summed E-state index contributed by atoms with van der Waals surface area (Å²) in [5, 5.41) is 3.48. The first-order valence-electron chi connectivity index (χ1n) is 6.39. The van der Waals surface area contributed by atoms with Crippen LogP contribution in [0, 0.1) is 0 Å². The highest BCUT2D eigenvalue weighted by Crippen LogP contribution is 2.15. The van der Waals surface area contributed by atoms with Crippen LogP contribution in [-0.2, 0) is 4.79 Å². The second-order valence-electron chi connectivity index (χ2n) is 4.35. The van der Waals surface area contributed by atoms with Gasteiger partial charge in [-0.05, 0) is 46.3 Å². The molecule has 22 heavy (non-hydrogen) atoms. The molecule has 0 unspecified atom stereocenters. The number of hydrogen-bond acceptors (Lipinski definition) is 3. The highest BCUT2D eigenvalue weighted by atomic mass is 79.9. The van der Waals surface area contributed by atoms with Crippen molar-refractivity contribution in [3.05, 3.63) is 63.6 Å². The minimum atomic E-state index is -0.399. The van der Waals surface area contributed by atoms with E-state index < -0.39 is 5.91 Å². The molecule has 2 rings (SSSR count). The van der Waals surface area contributed by atoms with Gasteiger partial charge in [0.25, 0.3) is 11.8 Å². The first-order valence-corrected chi connectivity index (χ1v) is 7.56. The molecule has 0 bridgehead atoms. The van der Waals surface area contributed by atoms with Crippen LogP contribution in [0.5, 0.6) is 0 Å². The standard InChI is InChI=1S/C15H13BrClN3O2/c16-13-7-2-1-6-12(13)15(22)20-19-14(21)9-18-11-5-3-4-10(17)8-11/h1-8,18H,9H2,(H,19,21)(H,20,22). The van der Waals surface area contributed by atoms with E-state index in [4.69, 9.17) is 11.6 Å². The molecule has 2 aromatic rings. The number of hydrazine groups is 1. The zero-order valence-electron chi connectivity index (χ0n) is 11.4. The lowest BCUT2D eigenvalue weighted by Crippen LogP contribution is -2.44. The highest BCUT2D eigenvalue weighted by molar-refractivity contribution is 9.10. The van der Waals surface area contributed by atoms with Crippen molar-refractivity contribution in [3.8, 4) is 0 Å². The number of rotatable bonds is 4. The Labute approximate surface area is 141 Å². The van der Waals surface area contributed by atoms with Crippen LogP contribution in [0.15, 0.2) is 53.0 Å². The maximum absolute atomic E-state index is 11.9. The van der Waals surface area contributed by atoms with E-state index in [9.17, 15) is 9.59 Å². The Morgan fingerprint density at radius 2 is 1.82 bits per heavy atom. The summed E-state index contributed by atoms with van der Waals surface area (Å²) in [6.07, 6.45) is 0. The van der Waals surface area contributed by atoms with Gasteiger partial charge in [0.1, 0.15) is 0 Å². The second kappa shape index (κ2) is 7.82. The fourth-order valence-electron chi connectivity index (χ4n) is 1.66. The van der Waals surface area contributed by atoms with Crippen LogP contribution in [0.1, 0.15) is 10.4 Å². The Bertz CT molecular complexity index is 694. The van der Waals surface area contributed by atoms with Crippen molar-refractivity contribution in [2.24, 2.45) is 0 Å². The first kappa shape index (κ1) is 16.3. The molecule has 2 amide bonds. The van der Waals surface area contributed by atoms with Gasteiger partial charge >= 0.3 is 0 Å². The number of nitrogens with one attached hydrogen (secondary N) is 3. The molecule has 0 fully saturated rings. The zero-order chi connectivity index (χ0) is 15.9. The van der Waals surface area contributed by atoms with Crippen LogP contribution in [0.25, 0.3) is 0 Å². The van der Waals surface area contributed by atoms with Gasteiger partial charge in [0.15, 0.2) is 0 Å². The van der Waals surface area contributed by atoms with Gasteiger partial charge in [-0.25, -0.2) is 0 Å². The Morgan fingerprint density at radius 3 is 2.55 bits per heavy atom. The third kappa shape index (κ3) is 4.75. The summed E-state index contributed by atoms with van der Waals surface area (Å²) in [4.78, 5) is 23.6. The molecular weight excluding hydrogens is 370 g/mol. The molecule has 0 aliphatic rings. The molecule has 7 heteroatoms. The predicted molar refractivity (Wildman–Crippen MR) is 89.7 cm³/mol. The molecule has 0 saturated heterocycles. The van der Waals surface area contributed by atoms with E-state index in [0.29, 0.717) is 15.1 Å². The van der Waals surface area contributed by atoms with E-state index in [1.807, 2.05) is 0 Å². The van der Waals surface area contributed by atoms with E-state index in [-0.39, 0.29) is 12.5 Å². The fraction of sp³-hybridized carbons (Fsp3) is 0.0667. The molecule has 0 heterocycles. The molecule has 0 atom stereocenters. The van der Waals surface area contributed by atoms with Gasteiger partial charge in [-0.1, -0.05) is 29.8 Å². The molecule has 3 N–H and O–H groups in total. The van der Waals surface area contributed by atoms with Gasteiger partial charge in [0, 0.05) is 15.2 Å². The third-order valence-electron chi connectivity index (χ3n) is 2.71. The Balaban J connectivity index is 1.81. The SMILES string of the molecule is O=C(CNc1cccc(Cl)c1)NNC(=O)c1ccccc1Br. The molecule has 5 nitrogen and oxygen atoms in total. The molecular formula is C15H13BrClN3O2. The van der Waals surface area contributed by atoms with Crippen molar-refractivity contribution in [1.82, 2.24) is 10.9 Å². The average molecular weight is 383 g/mol. The average Bonchev–Trinajstić information content (AvgIpc) is 2.51. The minimum absolute atomic E-state index is 0.0105. The number of carbonyl (C=O) groups excluding carboxylic acids is 2. The van der Waals surface area contributed by atoms with Crippen molar-refractivity contribution in [2.45, 2.75) is 0 Å². The largest absolute Gasteiger partial charge is 0.376 e. The normalized spacial score (nSPS) is 9.91. The van der Waals surface area contributed by atoms with Gasteiger partial charge < -0.3 is 5.32 Å². The van der Waals surface area contributed by atoms with Gasteiger partial charge in [-0.15, -0.1) is 0 Å². The molecule has 2 aromatic carbocycles. The van der Waals surface area contributed by atoms with Crippen molar-refractivity contribution < 1.29 is 9.59 Å². The maximum atomic E-state index is 11.9. The molecule has 0 spiro atoms. The monoisotopic (exact) mass is 381 g/mol. The molecule has 0 aliphatic heterocycles.